The molecule has 3 aliphatic rings. The fraction of sp³-hybridized carbons (Fsp3) is 0.340. The first-order valence-corrected chi connectivity index (χ1v) is 23.1. The molecule has 0 radical (unpaired) electrons. The van der Waals surface area contributed by atoms with E-state index in [2.05, 4.69) is 48.2 Å². The van der Waals surface area contributed by atoms with Gasteiger partial charge in [0.25, 0.3) is 23.3 Å². The van der Waals surface area contributed by atoms with Gasteiger partial charge in [0.05, 0.1) is 24.5 Å². The lowest BCUT2D eigenvalue weighted by Crippen LogP contribution is -2.52. The maximum absolute atomic E-state index is 13.5. The number of aromatic nitrogens is 2. The second-order valence-electron chi connectivity index (χ2n) is 18.6. The molecule has 1 unspecified atom stereocenters. The van der Waals surface area contributed by atoms with E-state index in [0.29, 0.717) is 103 Å². The van der Waals surface area contributed by atoms with Crippen LogP contribution in [-0.4, -0.2) is 112 Å². The lowest BCUT2D eigenvalue weighted by Gasteiger charge is -2.34. The van der Waals surface area contributed by atoms with Gasteiger partial charge in [0.2, 0.25) is 11.8 Å². The van der Waals surface area contributed by atoms with Crippen molar-refractivity contribution in [2.45, 2.75) is 58.4 Å². The first kappa shape index (κ1) is 47.3. The number of carbonyl (C=O) groups excluding carboxylic acids is 5. The molecule has 1 aromatic heterocycles. The van der Waals surface area contributed by atoms with Gasteiger partial charge in [0.15, 0.2) is 0 Å². The zero-order valence-corrected chi connectivity index (χ0v) is 39.3. The number of amides is 5. The average Bonchev–Trinajstić information content (AvgIpc) is 3.58. The molecule has 0 aliphatic carbocycles. The number of anilines is 2. The summed E-state index contributed by atoms with van der Waals surface area (Å²) in [7, 11) is 1.70. The number of hydrogen-bond donors (Lipinski definition) is 3. The van der Waals surface area contributed by atoms with Gasteiger partial charge in [-0.1, -0.05) is 75.9 Å². The number of benzene rings is 4. The van der Waals surface area contributed by atoms with E-state index < -0.39 is 11.9 Å². The number of piperazine rings is 1. The Bertz CT molecular complexity index is 2840. The smallest absolute Gasteiger partial charge is 0.272 e. The van der Waals surface area contributed by atoms with E-state index in [4.69, 9.17) is 9.72 Å². The first-order chi connectivity index (χ1) is 32.6. The molecule has 5 amide bonds. The summed E-state index contributed by atoms with van der Waals surface area (Å²) in [6.45, 7) is 17.1. The van der Waals surface area contributed by atoms with Crippen molar-refractivity contribution in [2.24, 2.45) is 7.05 Å². The Labute approximate surface area is 396 Å². The number of fused-ring (bicyclic) bond motifs is 1. The average molecular weight is 919 g/mol. The molecule has 4 aromatic carbocycles. The van der Waals surface area contributed by atoms with Crippen molar-refractivity contribution in [3.8, 4) is 11.3 Å². The molecule has 4 heterocycles. The summed E-state index contributed by atoms with van der Waals surface area (Å²) < 4.78 is 7.46. The van der Waals surface area contributed by atoms with Gasteiger partial charge >= 0.3 is 0 Å². The Morgan fingerprint density at radius 2 is 1.53 bits per heavy atom. The van der Waals surface area contributed by atoms with Gasteiger partial charge in [-0.2, -0.15) is 0 Å². The highest BCUT2D eigenvalue weighted by atomic mass is 16.5. The Kier molecular flexibility index (Phi) is 13.9. The molecule has 0 saturated carbocycles. The van der Waals surface area contributed by atoms with Gasteiger partial charge < -0.3 is 24.8 Å². The molecule has 1 atom stereocenters. The Morgan fingerprint density at radius 1 is 0.853 bits per heavy atom. The Hall–Kier alpha value is -7.23. The third-order valence-electron chi connectivity index (χ3n) is 13.0. The fourth-order valence-corrected chi connectivity index (χ4v) is 8.95. The van der Waals surface area contributed by atoms with Crippen molar-refractivity contribution in [3.63, 3.8) is 0 Å². The van der Waals surface area contributed by atoms with Crippen LogP contribution in [0.3, 0.4) is 0 Å². The van der Waals surface area contributed by atoms with Gasteiger partial charge in [-0.15, -0.1) is 0 Å². The zero-order valence-electron chi connectivity index (χ0n) is 39.3. The Morgan fingerprint density at radius 3 is 2.22 bits per heavy atom. The van der Waals surface area contributed by atoms with Crippen molar-refractivity contribution in [3.05, 3.63) is 153 Å². The van der Waals surface area contributed by atoms with Crippen molar-refractivity contribution < 1.29 is 28.7 Å². The minimum absolute atomic E-state index is 0.0187. The molecule has 0 bridgehead atoms. The second kappa shape index (κ2) is 19.9. The monoisotopic (exact) mass is 918 g/mol. The van der Waals surface area contributed by atoms with Crippen LogP contribution in [0.15, 0.2) is 102 Å². The molecule has 8 rings (SSSR count). The molecule has 2 fully saturated rings. The van der Waals surface area contributed by atoms with Crippen LogP contribution in [0.1, 0.15) is 92.6 Å². The first-order valence-electron chi connectivity index (χ1n) is 23.1. The zero-order chi connectivity index (χ0) is 48.3. The van der Waals surface area contributed by atoms with Crippen LogP contribution >= 0.6 is 0 Å². The van der Waals surface area contributed by atoms with Crippen LogP contribution in [0.5, 0.6) is 0 Å². The molecule has 5 aromatic rings. The normalized spacial score (nSPS) is 16.5. The van der Waals surface area contributed by atoms with E-state index in [0.717, 1.165) is 22.3 Å². The van der Waals surface area contributed by atoms with Crippen molar-refractivity contribution in [2.75, 3.05) is 63.1 Å². The molecule has 0 spiro atoms. The van der Waals surface area contributed by atoms with Gasteiger partial charge in [-0.25, -0.2) is 4.98 Å². The topological polar surface area (TPSA) is 175 Å². The van der Waals surface area contributed by atoms with E-state index in [1.54, 1.807) is 31.4 Å². The number of ether oxygens (including phenoxy) is 1. The van der Waals surface area contributed by atoms with Crippen LogP contribution in [0.25, 0.3) is 17.0 Å². The molecular weight excluding hydrogens is 861 g/mol. The van der Waals surface area contributed by atoms with Crippen LogP contribution < -0.4 is 21.5 Å². The number of nitrogens with one attached hydrogen (secondary N) is 3. The maximum atomic E-state index is 13.5. The van der Waals surface area contributed by atoms with Crippen LogP contribution in [0.4, 0.5) is 11.4 Å². The van der Waals surface area contributed by atoms with Gasteiger partial charge in [-0.05, 0) is 71.8 Å². The van der Waals surface area contributed by atoms with Crippen molar-refractivity contribution in [1.29, 1.82) is 0 Å². The van der Waals surface area contributed by atoms with E-state index in [-0.39, 0.29) is 53.9 Å². The van der Waals surface area contributed by atoms with Crippen LogP contribution in [0, 0.1) is 6.92 Å². The minimum atomic E-state index is -0.782. The Balaban J connectivity index is 0.792. The van der Waals surface area contributed by atoms with E-state index in [1.165, 1.54) is 9.47 Å². The summed E-state index contributed by atoms with van der Waals surface area (Å²) in [5.74, 6) is -1.41. The van der Waals surface area contributed by atoms with E-state index >= 15 is 0 Å². The molecule has 15 heteroatoms. The predicted octanol–water partition coefficient (Wildman–Crippen LogP) is 6.01. The number of hydrogen-bond acceptors (Lipinski definition) is 10. The highest BCUT2D eigenvalue weighted by Gasteiger charge is 2.42. The third kappa shape index (κ3) is 10.2. The molecule has 68 heavy (non-hydrogen) atoms. The molecule has 352 valence electrons. The lowest BCUT2D eigenvalue weighted by molar-refractivity contribution is -0.136. The molecule has 3 aliphatic heterocycles. The summed E-state index contributed by atoms with van der Waals surface area (Å²) in [6.07, 6.45) is 2.40. The van der Waals surface area contributed by atoms with Crippen molar-refractivity contribution >= 4 is 46.6 Å². The maximum Gasteiger partial charge on any atom is 0.272 e. The number of rotatable bonds is 14. The number of aryl methyl sites for hydroxylation is 1. The van der Waals surface area contributed by atoms with Gasteiger partial charge in [0.1, 0.15) is 11.7 Å². The summed E-state index contributed by atoms with van der Waals surface area (Å²) in [6, 6.07) is 25.3. The fourth-order valence-electron chi connectivity index (χ4n) is 8.95. The SMILES string of the molecule is C=C1c2cccc(NCCOCCN3CCN(C(=O)c4ccc(Cc5nc(-c6cccc(NC(=O)c7ccc(C(C)(C)C)cc7)c6C)cn(C)c5=O)cc4)CC3)c2C(=O)N1C1CCC(=O)NC1=O. The summed E-state index contributed by atoms with van der Waals surface area (Å²) in [4.78, 5) is 88.2. The molecule has 15 nitrogen and oxygen atoms in total. The largest absolute Gasteiger partial charge is 0.382 e. The van der Waals surface area contributed by atoms with Crippen molar-refractivity contribution in [1.82, 2.24) is 29.6 Å². The van der Waals surface area contributed by atoms with Crippen LogP contribution in [-0.2, 0) is 33.2 Å². The van der Waals surface area contributed by atoms with E-state index in [9.17, 15) is 28.8 Å². The van der Waals surface area contributed by atoms with Gasteiger partial charge in [-0.3, -0.25) is 43.9 Å². The summed E-state index contributed by atoms with van der Waals surface area (Å²) in [5.41, 5.74) is 8.35. The van der Waals surface area contributed by atoms with E-state index in [1.807, 2.05) is 78.6 Å². The summed E-state index contributed by atoms with van der Waals surface area (Å²) in [5, 5.41) is 8.67. The quantitative estimate of drug-likeness (QED) is 0.0884. The highest BCUT2D eigenvalue weighted by molar-refractivity contribution is 6.15. The molecular formula is C53H58N8O7. The third-order valence-corrected chi connectivity index (χ3v) is 13.0. The molecule has 3 N–H and O–H groups in total. The lowest BCUT2D eigenvalue weighted by atomic mass is 9.86. The standard InChI is InChI=1S/C53H58N8O7/c1-33-39(9-7-11-41(33)56-48(63)36-17-19-38(20-18-36)53(3,4)5)44-32-58(6)51(66)43(55-44)31-35-13-15-37(16-14-35)50(65)60-26-24-59(25-27-60)28-30-68-29-23-54-42-12-8-10-40-34(2)61(52(67)47(40)42)45-21-22-46(62)57-49(45)64/h7-20,32,45,54H,2,21-31H2,1,3-6H3,(H,56,63)(H,57,62,64). The molecule has 2 saturated heterocycles. The number of piperidine rings is 1. The predicted molar refractivity (Wildman–Crippen MR) is 261 cm³/mol. The minimum Gasteiger partial charge on any atom is -0.382 e. The second-order valence-corrected chi connectivity index (χ2v) is 18.6. The summed E-state index contributed by atoms with van der Waals surface area (Å²) >= 11 is 0. The van der Waals surface area contributed by atoms with Gasteiger partial charge in [0, 0.05) is 105 Å². The number of carbonyl (C=O) groups is 5. The highest BCUT2D eigenvalue weighted by Crippen LogP contribution is 2.38. The number of imide groups is 1. The van der Waals surface area contributed by atoms with Crippen LogP contribution in [0.2, 0.25) is 0 Å². The number of nitrogens with zero attached hydrogens (tertiary/aromatic N) is 5.